The summed E-state index contributed by atoms with van der Waals surface area (Å²) in [4.78, 5) is 0. The fourth-order valence-electron chi connectivity index (χ4n) is 8.15. The van der Waals surface area contributed by atoms with Gasteiger partial charge in [0, 0.05) is 0 Å². The standard InChI is InChI=1S/C51H57P.HI/c1-2-3-4-5-6-7-8-9-10-11-12-18-30-43-31-29-42-49(52(47-38-25-16-26-39-47)48-40-27-17-28-41-48)50(43)51(44-32-19-13-20-33-44,45-34-21-14-22-35-45)46-36-23-15-24-37-46;/h13-17,19-29,31-42H,2-12,18,30H2,1H3;1H. The molecule has 0 heterocycles. The van der Waals surface area contributed by atoms with Crippen molar-refractivity contribution in [2.24, 2.45) is 0 Å². The zero-order valence-corrected chi connectivity index (χ0v) is 34.9. The van der Waals surface area contributed by atoms with Crippen molar-refractivity contribution in [2.75, 3.05) is 0 Å². The van der Waals surface area contributed by atoms with Crippen molar-refractivity contribution < 1.29 is 0 Å². The summed E-state index contributed by atoms with van der Waals surface area (Å²) in [6.07, 6.45) is 17.4. The average molecular weight is 829 g/mol. The van der Waals surface area contributed by atoms with Crippen LogP contribution in [0.4, 0.5) is 0 Å². The van der Waals surface area contributed by atoms with Crippen LogP contribution in [0.2, 0.25) is 0 Å². The summed E-state index contributed by atoms with van der Waals surface area (Å²) in [5.74, 6) is 0. The molecule has 0 aliphatic carbocycles. The van der Waals surface area contributed by atoms with E-state index in [2.05, 4.69) is 177 Å². The van der Waals surface area contributed by atoms with E-state index in [0.717, 1.165) is 6.42 Å². The molecule has 0 unspecified atom stereocenters. The summed E-state index contributed by atoms with van der Waals surface area (Å²) in [6.45, 7) is 2.30. The first-order chi connectivity index (χ1) is 25.8. The van der Waals surface area contributed by atoms with E-state index < -0.39 is 13.3 Å². The summed E-state index contributed by atoms with van der Waals surface area (Å²) >= 11 is 0. The number of aryl methyl sites for hydroxylation is 1. The first-order valence-electron chi connectivity index (χ1n) is 20.0. The monoisotopic (exact) mass is 828 g/mol. The van der Waals surface area contributed by atoms with Gasteiger partial charge in [0.1, 0.15) is 0 Å². The topological polar surface area (TPSA) is 0 Å². The van der Waals surface area contributed by atoms with Gasteiger partial charge in [0.15, 0.2) is 0 Å². The van der Waals surface area contributed by atoms with Gasteiger partial charge in [-0.3, -0.25) is 0 Å². The van der Waals surface area contributed by atoms with E-state index in [1.807, 2.05) is 0 Å². The van der Waals surface area contributed by atoms with Gasteiger partial charge in [-0.1, -0.05) is 247 Å². The number of hydrogen-bond donors (Lipinski definition) is 0. The lowest BCUT2D eigenvalue weighted by Crippen LogP contribution is -2.38. The Kier molecular flexibility index (Phi) is 16.9. The normalized spacial score (nSPS) is 11.4. The molecule has 0 aromatic heterocycles. The molecule has 0 spiro atoms. The molecule has 6 aromatic carbocycles. The Morgan fingerprint density at radius 1 is 0.377 bits per heavy atom. The molecule has 0 amide bonds. The summed E-state index contributed by atoms with van der Waals surface area (Å²) in [7, 11) is -0.854. The van der Waals surface area contributed by atoms with E-state index in [1.165, 1.54) is 121 Å². The van der Waals surface area contributed by atoms with Crippen LogP contribution in [0.1, 0.15) is 112 Å². The lowest BCUT2D eigenvalue weighted by molar-refractivity contribution is 0.543. The molecule has 6 aromatic rings. The molecular formula is C51H58IP. The molecule has 0 aliphatic heterocycles. The Balaban J connectivity index is 0.00000541. The maximum Gasteiger partial charge on any atom is 0.0710 e. The van der Waals surface area contributed by atoms with Gasteiger partial charge >= 0.3 is 0 Å². The molecule has 0 bridgehead atoms. The van der Waals surface area contributed by atoms with E-state index in [9.17, 15) is 0 Å². The largest absolute Gasteiger partial charge is 0.107 e. The van der Waals surface area contributed by atoms with E-state index in [1.54, 1.807) is 0 Å². The van der Waals surface area contributed by atoms with Gasteiger partial charge in [-0.2, -0.15) is 0 Å². The third-order valence-electron chi connectivity index (χ3n) is 10.7. The molecule has 274 valence electrons. The summed E-state index contributed by atoms with van der Waals surface area (Å²) in [5.41, 5.74) is 6.36. The van der Waals surface area contributed by atoms with Gasteiger partial charge in [0.25, 0.3) is 0 Å². The van der Waals surface area contributed by atoms with Crippen LogP contribution in [0.3, 0.4) is 0 Å². The molecule has 0 aliphatic rings. The molecular weight excluding hydrogens is 770 g/mol. The highest BCUT2D eigenvalue weighted by Gasteiger charge is 2.42. The molecule has 0 radical (unpaired) electrons. The lowest BCUT2D eigenvalue weighted by Gasteiger charge is -2.41. The Morgan fingerprint density at radius 2 is 0.736 bits per heavy atom. The Hall–Kier alpha value is -3.52. The average Bonchev–Trinajstić information content (AvgIpc) is 3.21. The van der Waals surface area contributed by atoms with Gasteiger partial charge < -0.3 is 0 Å². The fraction of sp³-hybridized carbons (Fsp3) is 0.294. The summed E-state index contributed by atoms with van der Waals surface area (Å²) in [5, 5.41) is 4.21. The van der Waals surface area contributed by atoms with E-state index in [-0.39, 0.29) is 24.0 Å². The minimum atomic E-state index is -0.854. The number of rotatable bonds is 20. The minimum Gasteiger partial charge on any atom is -0.107 e. The second-order valence-electron chi connectivity index (χ2n) is 14.3. The van der Waals surface area contributed by atoms with Crippen LogP contribution in [0.25, 0.3) is 0 Å². The van der Waals surface area contributed by atoms with E-state index in [4.69, 9.17) is 0 Å². The van der Waals surface area contributed by atoms with Gasteiger partial charge in [-0.15, -0.1) is 24.0 Å². The Bertz CT molecular complexity index is 1720. The van der Waals surface area contributed by atoms with Gasteiger partial charge in [0.2, 0.25) is 0 Å². The van der Waals surface area contributed by atoms with E-state index in [0.29, 0.717) is 0 Å². The van der Waals surface area contributed by atoms with Crippen molar-refractivity contribution in [3.8, 4) is 0 Å². The molecule has 0 atom stereocenters. The summed E-state index contributed by atoms with van der Waals surface area (Å²) in [6, 6.07) is 63.7. The molecule has 0 saturated heterocycles. The van der Waals surface area contributed by atoms with Crippen molar-refractivity contribution in [1.29, 1.82) is 0 Å². The second-order valence-corrected chi connectivity index (χ2v) is 16.5. The molecule has 0 N–H and O–H groups in total. The molecule has 0 nitrogen and oxygen atoms in total. The van der Waals surface area contributed by atoms with Crippen molar-refractivity contribution in [2.45, 2.75) is 95.8 Å². The van der Waals surface area contributed by atoms with Crippen LogP contribution >= 0.6 is 31.9 Å². The summed E-state index contributed by atoms with van der Waals surface area (Å²) < 4.78 is 0. The van der Waals surface area contributed by atoms with Crippen molar-refractivity contribution >= 4 is 47.8 Å². The van der Waals surface area contributed by atoms with Crippen LogP contribution in [-0.2, 0) is 11.8 Å². The highest BCUT2D eigenvalue weighted by atomic mass is 127. The number of unbranched alkanes of at least 4 members (excludes halogenated alkanes) is 11. The highest BCUT2D eigenvalue weighted by Crippen LogP contribution is 2.49. The van der Waals surface area contributed by atoms with Crippen LogP contribution in [0.5, 0.6) is 0 Å². The van der Waals surface area contributed by atoms with Gasteiger partial charge in [-0.25, -0.2) is 0 Å². The molecule has 0 fully saturated rings. The molecule has 53 heavy (non-hydrogen) atoms. The first kappa shape index (κ1) is 40.7. The molecule has 2 heteroatoms. The van der Waals surface area contributed by atoms with Crippen LogP contribution in [-0.4, -0.2) is 0 Å². The van der Waals surface area contributed by atoms with Crippen LogP contribution < -0.4 is 15.9 Å². The molecule has 0 saturated carbocycles. The van der Waals surface area contributed by atoms with Crippen molar-refractivity contribution in [3.05, 3.63) is 198 Å². The fourth-order valence-corrected chi connectivity index (χ4v) is 10.7. The maximum atomic E-state index is 2.45. The number of hydrogen-bond acceptors (Lipinski definition) is 0. The number of halogens is 1. The lowest BCUT2D eigenvalue weighted by atomic mass is 9.63. The van der Waals surface area contributed by atoms with Gasteiger partial charge in [0.05, 0.1) is 5.41 Å². The van der Waals surface area contributed by atoms with Crippen molar-refractivity contribution in [1.82, 2.24) is 0 Å². The second kappa shape index (κ2) is 22.0. The maximum absolute atomic E-state index is 2.45. The zero-order chi connectivity index (χ0) is 35.7. The van der Waals surface area contributed by atoms with Crippen LogP contribution in [0, 0.1) is 0 Å². The van der Waals surface area contributed by atoms with Gasteiger partial charge in [-0.05, 0) is 64.5 Å². The predicted octanol–water partition coefficient (Wildman–Crippen LogP) is 13.7. The highest BCUT2D eigenvalue weighted by molar-refractivity contribution is 14.0. The minimum absolute atomic E-state index is 0. The predicted molar refractivity (Wildman–Crippen MR) is 244 cm³/mol. The van der Waals surface area contributed by atoms with E-state index >= 15 is 0 Å². The third-order valence-corrected chi connectivity index (χ3v) is 13.2. The molecule has 6 rings (SSSR count). The quantitative estimate of drug-likeness (QED) is 0.0311. The van der Waals surface area contributed by atoms with Crippen molar-refractivity contribution in [3.63, 3.8) is 0 Å². The zero-order valence-electron chi connectivity index (χ0n) is 31.7. The number of benzene rings is 6. The first-order valence-corrected chi connectivity index (χ1v) is 21.4. The van der Waals surface area contributed by atoms with Crippen LogP contribution in [0.15, 0.2) is 170 Å². The smallest absolute Gasteiger partial charge is 0.0710 e. The SMILES string of the molecule is CCCCCCCCCCCCCCc1cccc(P(c2ccccc2)c2ccccc2)c1C(c1ccccc1)(c1ccccc1)c1ccccc1.I. The Labute approximate surface area is 339 Å². The Morgan fingerprint density at radius 3 is 1.13 bits per heavy atom. The third kappa shape index (κ3) is 10.4.